The highest BCUT2D eigenvalue weighted by molar-refractivity contribution is 5.93. The van der Waals surface area contributed by atoms with Gasteiger partial charge in [-0.25, -0.2) is 0 Å². The first-order chi connectivity index (χ1) is 10.3. The second-order valence-corrected chi connectivity index (χ2v) is 6.56. The quantitative estimate of drug-likeness (QED) is 0.910. The highest BCUT2D eigenvalue weighted by atomic mass is 35.5. The monoisotopic (exact) mass is 338 g/mol. The molecular formula is C17H23ClN2O3. The van der Waals surface area contributed by atoms with E-state index in [9.17, 15) is 9.59 Å². The summed E-state index contributed by atoms with van der Waals surface area (Å²) in [5, 5.41) is 3.32. The van der Waals surface area contributed by atoms with E-state index in [0.717, 1.165) is 6.54 Å². The molecule has 0 aliphatic carbocycles. The number of nitrogens with one attached hydrogen (secondary N) is 1. The molecule has 1 heterocycles. The molecule has 0 saturated heterocycles. The van der Waals surface area contributed by atoms with Crippen molar-refractivity contribution in [3.63, 3.8) is 0 Å². The Kier molecular flexibility index (Phi) is 6.36. The lowest BCUT2D eigenvalue weighted by Crippen LogP contribution is -2.40. The van der Waals surface area contributed by atoms with Gasteiger partial charge in [-0.15, -0.1) is 12.4 Å². The first kappa shape index (κ1) is 19.2. The Morgan fingerprint density at radius 1 is 1.26 bits per heavy atom. The third-order valence-corrected chi connectivity index (χ3v) is 3.33. The van der Waals surface area contributed by atoms with Crippen molar-refractivity contribution in [2.75, 3.05) is 27.2 Å². The van der Waals surface area contributed by atoms with Gasteiger partial charge in [0.2, 0.25) is 0 Å². The minimum absolute atomic E-state index is 0. The summed E-state index contributed by atoms with van der Waals surface area (Å²) in [7, 11) is 3.98. The normalized spacial score (nSPS) is 11.3. The lowest BCUT2D eigenvalue weighted by Gasteiger charge is -2.28. The predicted molar refractivity (Wildman–Crippen MR) is 94.4 cm³/mol. The molecule has 2 rings (SSSR count). The molecule has 6 heteroatoms. The zero-order valence-corrected chi connectivity index (χ0v) is 14.7. The molecule has 1 amide bonds. The van der Waals surface area contributed by atoms with Crippen molar-refractivity contribution < 1.29 is 9.21 Å². The number of hydrogen-bond donors (Lipinski definition) is 1. The molecule has 0 radical (unpaired) electrons. The number of nitrogens with zero attached hydrogens (tertiary/aromatic N) is 1. The molecular weight excluding hydrogens is 316 g/mol. The molecule has 1 aromatic heterocycles. The topological polar surface area (TPSA) is 62.6 Å². The van der Waals surface area contributed by atoms with Crippen molar-refractivity contribution in [2.24, 2.45) is 5.41 Å². The van der Waals surface area contributed by atoms with Gasteiger partial charge in [-0.1, -0.05) is 26.0 Å². The van der Waals surface area contributed by atoms with Gasteiger partial charge in [-0.3, -0.25) is 9.59 Å². The van der Waals surface area contributed by atoms with Gasteiger partial charge in [0.05, 0.1) is 5.39 Å². The number of benzene rings is 1. The van der Waals surface area contributed by atoms with Gasteiger partial charge < -0.3 is 14.6 Å². The number of rotatable bonds is 5. The maximum Gasteiger partial charge on any atom is 0.287 e. The largest absolute Gasteiger partial charge is 0.451 e. The molecule has 0 atom stereocenters. The summed E-state index contributed by atoms with van der Waals surface area (Å²) in [5.74, 6) is -0.320. The van der Waals surface area contributed by atoms with Crippen LogP contribution in [0.15, 0.2) is 39.5 Å². The fraction of sp³-hybridized carbons (Fsp3) is 0.412. The highest BCUT2D eigenvalue weighted by Gasteiger charge is 2.21. The second-order valence-electron chi connectivity index (χ2n) is 6.56. The number of carbonyl (C=O) groups excluding carboxylic acids is 1. The van der Waals surface area contributed by atoms with Crippen LogP contribution in [0.25, 0.3) is 11.0 Å². The molecule has 1 aromatic carbocycles. The summed E-state index contributed by atoms with van der Waals surface area (Å²) in [6, 6.07) is 8.15. The predicted octanol–water partition coefficient (Wildman–Crippen LogP) is 2.53. The lowest BCUT2D eigenvalue weighted by molar-refractivity contribution is 0.0902. The third kappa shape index (κ3) is 5.08. The molecule has 23 heavy (non-hydrogen) atoms. The minimum atomic E-state index is -0.366. The van der Waals surface area contributed by atoms with Crippen LogP contribution in [0.1, 0.15) is 24.4 Å². The Morgan fingerprint density at radius 2 is 1.91 bits per heavy atom. The smallest absolute Gasteiger partial charge is 0.287 e. The first-order valence-corrected chi connectivity index (χ1v) is 7.24. The van der Waals surface area contributed by atoms with Crippen LogP contribution in [-0.2, 0) is 0 Å². The summed E-state index contributed by atoms with van der Waals surface area (Å²) in [4.78, 5) is 26.3. The van der Waals surface area contributed by atoms with Crippen LogP contribution >= 0.6 is 12.4 Å². The van der Waals surface area contributed by atoms with Crippen LogP contribution in [0, 0.1) is 5.41 Å². The first-order valence-electron chi connectivity index (χ1n) is 7.24. The van der Waals surface area contributed by atoms with Crippen LogP contribution in [0.2, 0.25) is 0 Å². The van der Waals surface area contributed by atoms with Crippen molar-refractivity contribution in [3.8, 4) is 0 Å². The number of amides is 1. The third-order valence-electron chi connectivity index (χ3n) is 3.33. The number of fused-ring (bicyclic) bond motifs is 1. The van der Waals surface area contributed by atoms with Crippen LogP contribution in [0.5, 0.6) is 0 Å². The van der Waals surface area contributed by atoms with E-state index in [2.05, 4.69) is 24.1 Å². The van der Waals surface area contributed by atoms with Crippen molar-refractivity contribution >= 4 is 29.3 Å². The molecule has 0 fully saturated rings. The van der Waals surface area contributed by atoms with Crippen molar-refractivity contribution in [1.82, 2.24) is 10.2 Å². The van der Waals surface area contributed by atoms with E-state index in [-0.39, 0.29) is 34.9 Å². The Bertz CT molecular complexity index is 738. The van der Waals surface area contributed by atoms with Crippen LogP contribution in [0.4, 0.5) is 0 Å². The summed E-state index contributed by atoms with van der Waals surface area (Å²) in [6.07, 6.45) is 0. The minimum Gasteiger partial charge on any atom is -0.451 e. The molecule has 5 nitrogen and oxygen atoms in total. The van der Waals surface area contributed by atoms with Gasteiger partial charge >= 0.3 is 0 Å². The van der Waals surface area contributed by atoms with E-state index in [1.807, 2.05) is 14.1 Å². The fourth-order valence-corrected chi connectivity index (χ4v) is 2.53. The standard InChI is InChI=1S/C17H22N2O3.ClH/c1-17(2,11-19(3)4)10-18-16(21)15-9-13(20)12-7-5-6-8-14(12)22-15;/h5-9H,10-11H2,1-4H3,(H,18,21);1H. The van der Waals surface area contributed by atoms with Gasteiger partial charge in [0, 0.05) is 19.2 Å². The van der Waals surface area contributed by atoms with Gasteiger partial charge in [0.1, 0.15) is 5.58 Å². The lowest BCUT2D eigenvalue weighted by atomic mass is 9.93. The van der Waals surface area contributed by atoms with Gasteiger partial charge in [-0.2, -0.15) is 0 Å². The van der Waals surface area contributed by atoms with E-state index >= 15 is 0 Å². The zero-order chi connectivity index (χ0) is 16.3. The fourth-order valence-electron chi connectivity index (χ4n) is 2.53. The van der Waals surface area contributed by atoms with E-state index in [4.69, 9.17) is 4.42 Å². The van der Waals surface area contributed by atoms with Crippen molar-refractivity contribution in [1.29, 1.82) is 0 Å². The van der Waals surface area contributed by atoms with Crippen LogP contribution in [0.3, 0.4) is 0 Å². The van der Waals surface area contributed by atoms with Gasteiger partial charge in [-0.05, 0) is 31.6 Å². The van der Waals surface area contributed by atoms with E-state index in [1.54, 1.807) is 24.3 Å². The Morgan fingerprint density at radius 3 is 2.57 bits per heavy atom. The molecule has 0 aliphatic heterocycles. The Labute approximate surface area is 142 Å². The summed E-state index contributed by atoms with van der Waals surface area (Å²) in [6.45, 7) is 5.49. The summed E-state index contributed by atoms with van der Waals surface area (Å²) < 4.78 is 5.53. The number of carbonyl (C=O) groups is 1. The van der Waals surface area contributed by atoms with E-state index < -0.39 is 0 Å². The maximum atomic E-state index is 12.2. The number of hydrogen-bond acceptors (Lipinski definition) is 4. The molecule has 0 aliphatic rings. The molecule has 0 spiro atoms. The molecule has 126 valence electrons. The molecule has 0 unspecified atom stereocenters. The SMILES string of the molecule is CN(C)CC(C)(C)CNC(=O)c1cc(=O)c2ccccc2o1.Cl. The second kappa shape index (κ2) is 7.62. The zero-order valence-electron chi connectivity index (χ0n) is 13.9. The summed E-state index contributed by atoms with van der Waals surface area (Å²) >= 11 is 0. The maximum absolute atomic E-state index is 12.2. The molecule has 0 bridgehead atoms. The number of halogens is 1. The molecule has 0 saturated carbocycles. The van der Waals surface area contributed by atoms with Gasteiger partial charge in [0.25, 0.3) is 5.91 Å². The molecule has 2 aromatic rings. The highest BCUT2D eigenvalue weighted by Crippen LogP contribution is 2.15. The summed E-state index contributed by atoms with van der Waals surface area (Å²) in [5.41, 5.74) is 0.142. The van der Waals surface area contributed by atoms with Crippen LogP contribution < -0.4 is 10.7 Å². The average molecular weight is 339 g/mol. The van der Waals surface area contributed by atoms with Crippen LogP contribution in [-0.4, -0.2) is 38.0 Å². The van der Waals surface area contributed by atoms with Crippen molar-refractivity contribution in [2.45, 2.75) is 13.8 Å². The average Bonchev–Trinajstić information content (AvgIpc) is 2.43. The van der Waals surface area contributed by atoms with E-state index in [0.29, 0.717) is 17.5 Å². The Balaban J connectivity index is 0.00000264. The Hall–Kier alpha value is -1.85. The van der Waals surface area contributed by atoms with E-state index in [1.165, 1.54) is 6.07 Å². The number of para-hydroxylation sites is 1. The van der Waals surface area contributed by atoms with Crippen molar-refractivity contribution in [3.05, 3.63) is 46.3 Å². The molecule has 1 N–H and O–H groups in total. The van der Waals surface area contributed by atoms with Gasteiger partial charge in [0.15, 0.2) is 11.2 Å².